The highest BCUT2D eigenvalue weighted by atomic mass is 16.5. The standard InChI is InChI=1S/C24H32N2O3/c1-25(2)23-14-15-26(18-20(23)12-13-24(27)28-3)17-19-8-7-11-22(16-19)29-21-9-5-4-6-10-21/h4-11,16,20,23H,12-15,17-18H2,1-3H3/t20-,23+/m0/s1. The Kier molecular flexibility index (Phi) is 7.67. The van der Waals surface area contributed by atoms with E-state index in [1.165, 1.54) is 12.7 Å². The van der Waals surface area contributed by atoms with Crippen LogP contribution >= 0.6 is 0 Å². The minimum Gasteiger partial charge on any atom is -0.469 e. The molecule has 156 valence electrons. The minimum absolute atomic E-state index is 0.120. The molecule has 0 saturated carbocycles. The molecule has 1 aliphatic heterocycles. The molecule has 1 saturated heterocycles. The van der Waals surface area contributed by atoms with Gasteiger partial charge in [-0.1, -0.05) is 30.3 Å². The van der Waals surface area contributed by atoms with Crippen molar-refractivity contribution in [2.45, 2.75) is 31.8 Å². The Morgan fingerprint density at radius 1 is 1.10 bits per heavy atom. The third kappa shape index (κ3) is 6.31. The van der Waals surface area contributed by atoms with Crippen LogP contribution in [0.5, 0.6) is 11.5 Å². The highest BCUT2D eigenvalue weighted by Crippen LogP contribution is 2.27. The number of para-hydroxylation sites is 1. The first-order chi connectivity index (χ1) is 14.0. The number of hydrogen-bond acceptors (Lipinski definition) is 5. The zero-order valence-corrected chi connectivity index (χ0v) is 17.7. The fraction of sp³-hybridized carbons (Fsp3) is 0.458. The minimum atomic E-state index is -0.120. The third-order valence-corrected chi connectivity index (χ3v) is 5.67. The highest BCUT2D eigenvalue weighted by molar-refractivity contribution is 5.69. The van der Waals surface area contributed by atoms with E-state index in [2.05, 4.69) is 42.1 Å². The van der Waals surface area contributed by atoms with Crippen LogP contribution in [0.1, 0.15) is 24.8 Å². The summed E-state index contributed by atoms with van der Waals surface area (Å²) in [5.74, 6) is 2.05. The molecule has 2 aromatic rings. The molecule has 2 aromatic carbocycles. The Bertz CT molecular complexity index is 779. The Morgan fingerprint density at radius 2 is 1.86 bits per heavy atom. The van der Waals surface area contributed by atoms with Gasteiger partial charge in [0, 0.05) is 25.6 Å². The lowest BCUT2D eigenvalue weighted by atomic mass is 9.87. The second-order valence-electron chi connectivity index (χ2n) is 7.99. The van der Waals surface area contributed by atoms with E-state index in [9.17, 15) is 4.79 Å². The summed E-state index contributed by atoms with van der Waals surface area (Å²) in [6.07, 6.45) is 2.46. The van der Waals surface area contributed by atoms with Crippen molar-refractivity contribution >= 4 is 5.97 Å². The van der Waals surface area contributed by atoms with E-state index in [0.717, 1.165) is 44.0 Å². The Morgan fingerprint density at radius 3 is 2.59 bits per heavy atom. The number of nitrogens with zero attached hydrogens (tertiary/aromatic N) is 2. The lowest BCUT2D eigenvalue weighted by Gasteiger charge is -2.41. The van der Waals surface area contributed by atoms with Crippen LogP contribution in [0.2, 0.25) is 0 Å². The van der Waals surface area contributed by atoms with Crippen LogP contribution < -0.4 is 4.74 Å². The number of benzene rings is 2. The number of rotatable bonds is 8. The maximum absolute atomic E-state index is 11.6. The van der Waals surface area contributed by atoms with Crippen molar-refractivity contribution in [3.63, 3.8) is 0 Å². The lowest BCUT2D eigenvalue weighted by Crippen LogP contribution is -2.48. The van der Waals surface area contributed by atoms with Gasteiger partial charge in [-0.3, -0.25) is 9.69 Å². The molecule has 0 amide bonds. The summed E-state index contributed by atoms with van der Waals surface area (Å²) in [4.78, 5) is 16.4. The van der Waals surface area contributed by atoms with Crippen LogP contribution in [0.4, 0.5) is 0 Å². The van der Waals surface area contributed by atoms with Crippen molar-refractivity contribution in [1.82, 2.24) is 9.80 Å². The number of ether oxygens (including phenoxy) is 2. The molecule has 0 spiro atoms. The van der Waals surface area contributed by atoms with Gasteiger partial charge in [0.05, 0.1) is 7.11 Å². The van der Waals surface area contributed by atoms with E-state index < -0.39 is 0 Å². The number of methoxy groups -OCH3 is 1. The van der Waals surface area contributed by atoms with E-state index in [0.29, 0.717) is 18.4 Å². The first-order valence-electron chi connectivity index (χ1n) is 10.3. The van der Waals surface area contributed by atoms with E-state index in [1.807, 2.05) is 36.4 Å². The van der Waals surface area contributed by atoms with Gasteiger partial charge in [0.15, 0.2) is 0 Å². The largest absolute Gasteiger partial charge is 0.469 e. The average molecular weight is 397 g/mol. The third-order valence-electron chi connectivity index (χ3n) is 5.67. The lowest BCUT2D eigenvalue weighted by molar-refractivity contribution is -0.141. The molecule has 2 atom stereocenters. The summed E-state index contributed by atoms with van der Waals surface area (Å²) >= 11 is 0. The van der Waals surface area contributed by atoms with E-state index in [4.69, 9.17) is 9.47 Å². The maximum atomic E-state index is 11.6. The number of likely N-dealkylation sites (tertiary alicyclic amines) is 1. The molecule has 0 aliphatic carbocycles. The predicted octanol–water partition coefficient (Wildman–Crippen LogP) is 4.18. The van der Waals surface area contributed by atoms with Gasteiger partial charge >= 0.3 is 5.97 Å². The van der Waals surface area contributed by atoms with Crippen molar-refractivity contribution in [3.05, 3.63) is 60.2 Å². The second-order valence-corrected chi connectivity index (χ2v) is 7.99. The van der Waals surface area contributed by atoms with Crippen LogP contribution in [-0.4, -0.2) is 56.1 Å². The summed E-state index contributed by atoms with van der Waals surface area (Å²) < 4.78 is 10.8. The molecule has 1 heterocycles. The summed E-state index contributed by atoms with van der Waals surface area (Å²) in [7, 11) is 5.73. The van der Waals surface area contributed by atoms with Crippen molar-refractivity contribution < 1.29 is 14.3 Å². The first kappa shape index (κ1) is 21.3. The van der Waals surface area contributed by atoms with Crippen molar-refractivity contribution in [2.24, 2.45) is 5.92 Å². The molecule has 0 aromatic heterocycles. The molecule has 5 heteroatoms. The maximum Gasteiger partial charge on any atom is 0.305 e. The molecular formula is C24H32N2O3. The number of carbonyl (C=O) groups is 1. The van der Waals surface area contributed by atoms with Crippen molar-refractivity contribution in [3.8, 4) is 11.5 Å². The fourth-order valence-electron chi connectivity index (χ4n) is 4.20. The van der Waals surface area contributed by atoms with E-state index in [-0.39, 0.29) is 5.97 Å². The predicted molar refractivity (Wildman–Crippen MR) is 115 cm³/mol. The van der Waals surface area contributed by atoms with Gasteiger partial charge in [-0.25, -0.2) is 0 Å². The SMILES string of the molecule is COC(=O)CC[C@H]1CN(Cc2cccc(Oc3ccccc3)c2)CC[C@H]1N(C)C. The van der Waals surface area contributed by atoms with Gasteiger partial charge in [-0.15, -0.1) is 0 Å². The summed E-state index contributed by atoms with van der Waals surface area (Å²) in [6.45, 7) is 2.94. The number of piperidine rings is 1. The second kappa shape index (κ2) is 10.4. The molecule has 0 radical (unpaired) electrons. The van der Waals surface area contributed by atoms with Gasteiger partial charge in [0.25, 0.3) is 0 Å². The van der Waals surface area contributed by atoms with Crippen LogP contribution in [0.3, 0.4) is 0 Å². The van der Waals surface area contributed by atoms with Crippen LogP contribution in [0.15, 0.2) is 54.6 Å². The Labute approximate surface area is 174 Å². The zero-order chi connectivity index (χ0) is 20.6. The molecule has 0 N–H and O–H groups in total. The van der Waals surface area contributed by atoms with Crippen molar-refractivity contribution in [2.75, 3.05) is 34.3 Å². The number of esters is 1. The Balaban J connectivity index is 1.62. The molecule has 3 rings (SSSR count). The van der Waals surface area contributed by atoms with Crippen LogP contribution in [0.25, 0.3) is 0 Å². The number of hydrogen-bond donors (Lipinski definition) is 0. The topological polar surface area (TPSA) is 42.0 Å². The Hall–Kier alpha value is -2.37. The first-order valence-corrected chi connectivity index (χ1v) is 10.3. The molecule has 0 unspecified atom stereocenters. The van der Waals surface area contributed by atoms with E-state index >= 15 is 0 Å². The average Bonchev–Trinajstić information content (AvgIpc) is 2.73. The van der Waals surface area contributed by atoms with Gasteiger partial charge in [0.1, 0.15) is 11.5 Å². The quantitative estimate of drug-likeness (QED) is 0.626. The molecule has 1 aliphatic rings. The monoisotopic (exact) mass is 396 g/mol. The van der Waals surface area contributed by atoms with Crippen LogP contribution in [-0.2, 0) is 16.1 Å². The normalized spacial score (nSPS) is 19.9. The zero-order valence-electron chi connectivity index (χ0n) is 17.7. The van der Waals surface area contributed by atoms with Gasteiger partial charge < -0.3 is 14.4 Å². The summed E-state index contributed by atoms with van der Waals surface area (Å²) in [6, 6.07) is 18.7. The molecule has 0 bridgehead atoms. The molecule has 1 fully saturated rings. The highest BCUT2D eigenvalue weighted by Gasteiger charge is 2.30. The summed E-state index contributed by atoms with van der Waals surface area (Å²) in [5.41, 5.74) is 1.24. The van der Waals surface area contributed by atoms with Gasteiger partial charge in [-0.2, -0.15) is 0 Å². The fourth-order valence-corrected chi connectivity index (χ4v) is 4.20. The van der Waals surface area contributed by atoms with Gasteiger partial charge in [0.2, 0.25) is 0 Å². The molecular weight excluding hydrogens is 364 g/mol. The smallest absolute Gasteiger partial charge is 0.305 e. The van der Waals surface area contributed by atoms with Crippen molar-refractivity contribution in [1.29, 1.82) is 0 Å². The number of carbonyl (C=O) groups excluding carboxylic acids is 1. The van der Waals surface area contributed by atoms with Gasteiger partial charge in [-0.05, 0) is 69.2 Å². The van der Waals surface area contributed by atoms with E-state index in [1.54, 1.807) is 0 Å². The molecule has 5 nitrogen and oxygen atoms in total. The van der Waals surface area contributed by atoms with Crippen LogP contribution in [0, 0.1) is 5.92 Å². The molecule has 29 heavy (non-hydrogen) atoms. The summed E-state index contributed by atoms with van der Waals surface area (Å²) in [5, 5.41) is 0.